The number of benzene rings is 2. The average molecular weight is 502 g/mol. The van der Waals surface area contributed by atoms with Crippen molar-refractivity contribution in [2.45, 2.75) is 52.4 Å². The van der Waals surface area contributed by atoms with Crippen LogP contribution in [-0.2, 0) is 11.3 Å². The molecule has 2 N–H and O–H groups in total. The number of carbonyl (C=O) groups excluding carboxylic acids is 1. The predicted molar refractivity (Wildman–Crippen MR) is 139 cm³/mol. The molecule has 7 nitrogen and oxygen atoms in total. The van der Waals surface area contributed by atoms with Crippen molar-refractivity contribution >= 4 is 33.8 Å². The van der Waals surface area contributed by atoms with Gasteiger partial charge in [0.25, 0.3) is 0 Å². The lowest BCUT2D eigenvalue weighted by Gasteiger charge is -2.07. The van der Waals surface area contributed by atoms with Crippen molar-refractivity contribution in [1.29, 1.82) is 0 Å². The SMILES string of the molecule is CCCCCCCCOc1ccc(-c2csc(NC(=O)NS(=O)Oc3ccc(C)cc3)n2)cc1. The van der Waals surface area contributed by atoms with Gasteiger partial charge in [-0.2, -0.15) is 4.21 Å². The number of amides is 2. The molecule has 0 radical (unpaired) electrons. The van der Waals surface area contributed by atoms with E-state index in [1.54, 1.807) is 12.1 Å². The lowest BCUT2D eigenvalue weighted by Crippen LogP contribution is -2.32. The summed E-state index contributed by atoms with van der Waals surface area (Å²) in [4.78, 5) is 16.5. The van der Waals surface area contributed by atoms with Crippen LogP contribution in [0.25, 0.3) is 11.3 Å². The van der Waals surface area contributed by atoms with Gasteiger partial charge in [0.1, 0.15) is 11.5 Å². The summed E-state index contributed by atoms with van der Waals surface area (Å²) in [6.07, 6.45) is 7.40. The molecule has 1 heterocycles. The Morgan fingerprint density at radius 1 is 0.971 bits per heavy atom. The van der Waals surface area contributed by atoms with Crippen LogP contribution in [-0.4, -0.2) is 21.8 Å². The van der Waals surface area contributed by atoms with Crippen molar-refractivity contribution in [1.82, 2.24) is 9.71 Å². The highest BCUT2D eigenvalue weighted by Gasteiger charge is 2.12. The number of carbonyl (C=O) groups is 1. The molecule has 0 spiro atoms. The van der Waals surface area contributed by atoms with E-state index in [9.17, 15) is 9.00 Å². The van der Waals surface area contributed by atoms with E-state index in [4.69, 9.17) is 8.92 Å². The van der Waals surface area contributed by atoms with Gasteiger partial charge in [0.15, 0.2) is 5.13 Å². The van der Waals surface area contributed by atoms with Crippen molar-refractivity contribution in [3.05, 3.63) is 59.5 Å². The largest absolute Gasteiger partial charge is 0.494 e. The first-order valence-corrected chi connectivity index (χ1v) is 13.4. The summed E-state index contributed by atoms with van der Waals surface area (Å²) in [7, 11) is 0. The summed E-state index contributed by atoms with van der Waals surface area (Å²) in [6, 6.07) is 14.1. The van der Waals surface area contributed by atoms with E-state index < -0.39 is 17.3 Å². The summed E-state index contributed by atoms with van der Waals surface area (Å²) in [5.74, 6) is 1.24. The lowest BCUT2D eigenvalue weighted by molar-refractivity contribution is 0.256. The van der Waals surface area contributed by atoms with E-state index in [0.29, 0.717) is 10.9 Å². The van der Waals surface area contributed by atoms with Crippen LogP contribution in [0, 0.1) is 6.92 Å². The molecule has 1 aromatic heterocycles. The minimum atomic E-state index is -2.02. The number of hydrogen-bond donors (Lipinski definition) is 2. The van der Waals surface area contributed by atoms with Crippen LogP contribution >= 0.6 is 11.3 Å². The molecule has 0 aliphatic rings. The van der Waals surface area contributed by atoms with Gasteiger partial charge in [0.05, 0.1) is 12.3 Å². The Kier molecular flexibility index (Phi) is 10.4. The third-order valence-corrected chi connectivity index (χ3v) is 6.46. The smallest absolute Gasteiger partial charge is 0.335 e. The number of aromatic nitrogens is 1. The maximum Gasteiger partial charge on any atom is 0.335 e. The van der Waals surface area contributed by atoms with Crippen molar-refractivity contribution in [3.8, 4) is 22.8 Å². The molecule has 1 atom stereocenters. The van der Waals surface area contributed by atoms with Gasteiger partial charge in [-0.15, -0.1) is 11.3 Å². The van der Waals surface area contributed by atoms with E-state index in [-0.39, 0.29) is 0 Å². The van der Waals surface area contributed by atoms with Gasteiger partial charge in [0.2, 0.25) is 0 Å². The summed E-state index contributed by atoms with van der Waals surface area (Å²) in [6.45, 7) is 4.88. The molecular formula is C25H31N3O4S2. The summed E-state index contributed by atoms with van der Waals surface area (Å²) in [5.41, 5.74) is 2.71. The number of nitrogens with one attached hydrogen (secondary N) is 2. The quantitative estimate of drug-likeness (QED) is 0.256. The van der Waals surface area contributed by atoms with Crippen molar-refractivity contribution < 1.29 is 17.9 Å². The highest BCUT2D eigenvalue weighted by atomic mass is 32.2. The number of urea groups is 1. The standard InChI is InChI=1S/C25H31N3O4S2/c1-3-4-5-6-7-8-17-31-21-15-11-20(12-16-21)23-18-33-25(26-23)27-24(29)28-34(30)32-22-13-9-19(2)10-14-22/h9-16,18H,3-8,17H2,1-2H3,(H2,26,27,28,29). The number of ether oxygens (including phenoxy) is 1. The third kappa shape index (κ3) is 8.79. The molecule has 0 saturated carbocycles. The van der Waals surface area contributed by atoms with Crippen LogP contribution < -0.4 is 19.0 Å². The summed E-state index contributed by atoms with van der Waals surface area (Å²) in [5, 5.41) is 4.82. The van der Waals surface area contributed by atoms with E-state index in [2.05, 4.69) is 21.9 Å². The zero-order chi connectivity index (χ0) is 24.2. The van der Waals surface area contributed by atoms with Crippen molar-refractivity contribution in [3.63, 3.8) is 0 Å². The van der Waals surface area contributed by atoms with Crippen LogP contribution in [0.3, 0.4) is 0 Å². The Labute approximate surface area is 207 Å². The topological polar surface area (TPSA) is 89.6 Å². The molecule has 2 aromatic carbocycles. The molecular weight excluding hydrogens is 470 g/mol. The van der Waals surface area contributed by atoms with E-state index in [1.165, 1.54) is 43.4 Å². The molecule has 0 aliphatic carbocycles. The number of thiazole rings is 1. The van der Waals surface area contributed by atoms with E-state index >= 15 is 0 Å². The molecule has 34 heavy (non-hydrogen) atoms. The zero-order valence-electron chi connectivity index (χ0n) is 19.5. The average Bonchev–Trinajstić information content (AvgIpc) is 3.28. The van der Waals surface area contributed by atoms with Gasteiger partial charge in [-0.05, 0) is 49.7 Å². The molecule has 3 aromatic rings. The normalized spacial score (nSPS) is 11.6. The van der Waals surface area contributed by atoms with E-state index in [1.807, 2.05) is 48.7 Å². The van der Waals surface area contributed by atoms with Crippen LogP contribution in [0.1, 0.15) is 51.0 Å². The molecule has 3 rings (SSSR count). The van der Waals surface area contributed by atoms with Gasteiger partial charge in [0, 0.05) is 10.9 Å². The van der Waals surface area contributed by atoms with Crippen LogP contribution in [0.15, 0.2) is 53.9 Å². The predicted octanol–water partition coefficient (Wildman–Crippen LogP) is 6.64. The van der Waals surface area contributed by atoms with Gasteiger partial charge in [-0.3, -0.25) is 5.32 Å². The number of nitrogens with zero attached hydrogens (tertiary/aromatic N) is 1. The maximum atomic E-state index is 12.1. The van der Waals surface area contributed by atoms with Gasteiger partial charge < -0.3 is 8.92 Å². The first kappa shape index (κ1) is 25.7. The molecule has 0 fully saturated rings. The highest BCUT2D eigenvalue weighted by Crippen LogP contribution is 2.26. The lowest BCUT2D eigenvalue weighted by atomic mass is 10.1. The number of aryl methyl sites for hydroxylation is 1. The molecule has 9 heteroatoms. The molecule has 2 amide bonds. The fraction of sp³-hybridized carbons (Fsp3) is 0.360. The molecule has 0 aliphatic heterocycles. The van der Waals surface area contributed by atoms with Crippen LogP contribution in [0.4, 0.5) is 9.93 Å². The first-order chi connectivity index (χ1) is 16.5. The number of hydrogen-bond acceptors (Lipinski definition) is 6. The zero-order valence-corrected chi connectivity index (χ0v) is 21.2. The minimum absolute atomic E-state index is 0.392. The van der Waals surface area contributed by atoms with Gasteiger partial charge in [-0.1, -0.05) is 56.7 Å². The maximum absolute atomic E-state index is 12.1. The van der Waals surface area contributed by atoms with Gasteiger partial charge >= 0.3 is 17.3 Å². The van der Waals surface area contributed by atoms with E-state index in [0.717, 1.165) is 35.6 Å². The van der Waals surface area contributed by atoms with Crippen molar-refractivity contribution in [2.24, 2.45) is 0 Å². The number of rotatable bonds is 13. The minimum Gasteiger partial charge on any atom is -0.494 e. The molecule has 182 valence electrons. The second kappa shape index (κ2) is 13.7. The summed E-state index contributed by atoms with van der Waals surface area (Å²) >= 11 is -0.738. The highest BCUT2D eigenvalue weighted by molar-refractivity contribution is 7.79. The Morgan fingerprint density at radius 3 is 2.38 bits per heavy atom. The number of unbranched alkanes of at least 4 members (excludes halogenated alkanes) is 5. The third-order valence-electron chi connectivity index (χ3n) is 5.01. The molecule has 0 saturated heterocycles. The van der Waals surface area contributed by atoms with Crippen LogP contribution in [0.2, 0.25) is 0 Å². The Balaban J connectivity index is 1.42. The van der Waals surface area contributed by atoms with Crippen LogP contribution in [0.5, 0.6) is 11.5 Å². The molecule has 0 bridgehead atoms. The first-order valence-electron chi connectivity index (χ1n) is 11.5. The number of anilines is 1. The fourth-order valence-electron chi connectivity index (χ4n) is 3.16. The van der Waals surface area contributed by atoms with Crippen molar-refractivity contribution in [2.75, 3.05) is 11.9 Å². The second-order valence-electron chi connectivity index (χ2n) is 7.87. The fourth-order valence-corrected chi connectivity index (χ4v) is 4.40. The Morgan fingerprint density at radius 2 is 1.65 bits per heavy atom. The summed E-state index contributed by atoms with van der Waals surface area (Å²) < 4.78 is 25.2. The Bertz CT molecular complexity index is 1050. The van der Waals surface area contributed by atoms with Gasteiger partial charge in [-0.25, -0.2) is 14.5 Å². The molecule has 1 unspecified atom stereocenters. The monoisotopic (exact) mass is 501 g/mol. The second-order valence-corrected chi connectivity index (χ2v) is 9.56. The Hall–Kier alpha value is -2.91.